The molecule has 8 heteroatoms. The summed E-state index contributed by atoms with van der Waals surface area (Å²) in [5.74, 6) is -0.260. The Hall–Kier alpha value is -2.97. The van der Waals surface area contributed by atoms with Crippen LogP contribution in [0.3, 0.4) is 0 Å². The van der Waals surface area contributed by atoms with Crippen molar-refractivity contribution < 1.29 is 23.6 Å². The molecule has 1 atom stereocenters. The summed E-state index contributed by atoms with van der Waals surface area (Å²) in [5, 5.41) is 12.8. The number of benzene rings is 2. The Morgan fingerprint density at radius 1 is 1.13 bits per heavy atom. The molecule has 2 aliphatic rings. The fourth-order valence-electron chi connectivity index (χ4n) is 4.39. The van der Waals surface area contributed by atoms with Crippen LogP contribution in [0.15, 0.2) is 34.9 Å². The van der Waals surface area contributed by atoms with Gasteiger partial charge >= 0.3 is 0 Å². The van der Waals surface area contributed by atoms with Crippen molar-refractivity contribution in [3.8, 4) is 5.75 Å². The van der Waals surface area contributed by atoms with E-state index >= 15 is 0 Å². The number of nitrogens with zero attached hydrogens (tertiary/aromatic N) is 1. The minimum atomic E-state index is -0.489. The van der Waals surface area contributed by atoms with Gasteiger partial charge in [0.15, 0.2) is 5.58 Å². The summed E-state index contributed by atoms with van der Waals surface area (Å²) in [6, 6.07) is 10.2. The third-order valence-electron chi connectivity index (χ3n) is 6.05. The summed E-state index contributed by atoms with van der Waals surface area (Å²) in [4.78, 5) is 23.9. The van der Waals surface area contributed by atoms with E-state index in [2.05, 4.69) is 15.8 Å². The van der Waals surface area contributed by atoms with Gasteiger partial charge in [0.05, 0.1) is 11.3 Å². The smallest absolute Gasteiger partial charge is 0.235 e. The van der Waals surface area contributed by atoms with E-state index in [1.807, 2.05) is 30.3 Å². The molecule has 1 unspecified atom stereocenters. The number of rotatable bonds is 6. The maximum absolute atomic E-state index is 12.4. The molecule has 5 rings (SSSR count). The van der Waals surface area contributed by atoms with E-state index in [0.29, 0.717) is 36.8 Å². The molecule has 2 amide bonds. The highest BCUT2D eigenvalue weighted by Crippen LogP contribution is 2.36. The first kappa shape index (κ1) is 20.0. The van der Waals surface area contributed by atoms with Crippen LogP contribution < -0.4 is 15.4 Å². The molecule has 162 valence electrons. The number of nitrogens with one attached hydrogen (secondary N) is 2. The number of carbonyl (C=O) groups excluding carboxylic acids is 2. The normalized spacial score (nSPS) is 20.3. The highest BCUT2D eigenvalue weighted by molar-refractivity contribution is 6.10. The van der Waals surface area contributed by atoms with Crippen molar-refractivity contribution in [2.24, 2.45) is 0 Å². The molecule has 2 aliphatic heterocycles. The zero-order valence-corrected chi connectivity index (χ0v) is 17.2. The Bertz CT molecular complexity index is 1120. The largest absolute Gasteiger partial charge is 0.492 e. The lowest BCUT2D eigenvalue weighted by Gasteiger charge is -2.23. The zero-order chi connectivity index (χ0) is 21.2. The molecule has 0 bridgehead atoms. The van der Waals surface area contributed by atoms with Crippen molar-refractivity contribution in [3.05, 3.63) is 36.0 Å². The lowest BCUT2D eigenvalue weighted by molar-refractivity contribution is -0.134. The standard InChI is InChI=1S/C23H25N3O5/c27-20-6-4-18(23(28)25-20)22-21-17-3-2-16(13-14(17)1-5-19(21)31-26-22)30-12-9-24-15-7-10-29-11-8-15/h1-3,5,13,15,18,24H,4,6-12H2,(H,25,27,28). The lowest BCUT2D eigenvalue weighted by Crippen LogP contribution is -2.39. The van der Waals surface area contributed by atoms with Crippen molar-refractivity contribution in [2.45, 2.75) is 37.6 Å². The topological polar surface area (TPSA) is 103 Å². The molecule has 3 aromatic rings. The van der Waals surface area contributed by atoms with Gasteiger partial charge < -0.3 is 19.3 Å². The van der Waals surface area contributed by atoms with Gasteiger partial charge in [0.2, 0.25) is 11.8 Å². The van der Waals surface area contributed by atoms with Crippen molar-refractivity contribution in [1.82, 2.24) is 15.8 Å². The Morgan fingerprint density at radius 2 is 2.00 bits per heavy atom. The average Bonchev–Trinajstić information content (AvgIpc) is 3.21. The molecular weight excluding hydrogens is 398 g/mol. The highest BCUT2D eigenvalue weighted by atomic mass is 16.5. The van der Waals surface area contributed by atoms with E-state index < -0.39 is 5.92 Å². The first-order valence-electron chi connectivity index (χ1n) is 10.8. The molecule has 8 nitrogen and oxygen atoms in total. The number of piperidine rings is 1. The first-order valence-corrected chi connectivity index (χ1v) is 10.8. The molecule has 1 aromatic heterocycles. The number of hydrogen-bond donors (Lipinski definition) is 2. The lowest BCUT2D eigenvalue weighted by atomic mass is 9.91. The molecule has 2 saturated heterocycles. The second kappa shape index (κ2) is 8.64. The predicted molar refractivity (Wildman–Crippen MR) is 114 cm³/mol. The zero-order valence-electron chi connectivity index (χ0n) is 17.2. The summed E-state index contributed by atoms with van der Waals surface area (Å²) in [6.07, 6.45) is 2.82. The van der Waals surface area contributed by atoms with Gasteiger partial charge in [0.1, 0.15) is 18.1 Å². The van der Waals surface area contributed by atoms with E-state index in [1.165, 1.54) is 0 Å². The molecule has 2 aromatic carbocycles. The average molecular weight is 423 g/mol. The molecular formula is C23H25N3O5. The SMILES string of the molecule is O=C1CCC(c2noc3ccc4cc(OCCNC5CCOCC5)ccc4c23)C(=O)N1. The molecule has 0 saturated carbocycles. The minimum Gasteiger partial charge on any atom is -0.492 e. The van der Waals surface area contributed by atoms with Gasteiger partial charge in [-0.1, -0.05) is 11.2 Å². The molecule has 0 aliphatic carbocycles. The molecule has 0 spiro atoms. The van der Waals surface area contributed by atoms with Crippen LogP contribution in [-0.4, -0.2) is 49.4 Å². The number of ether oxygens (including phenoxy) is 2. The minimum absolute atomic E-state index is 0.244. The van der Waals surface area contributed by atoms with Gasteiger partial charge in [-0.3, -0.25) is 14.9 Å². The van der Waals surface area contributed by atoms with E-state index in [0.717, 1.165) is 54.5 Å². The number of carbonyl (C=O) groups is 2. The molecule has 0 radical (unpaired) electrons. The van der Waals surface area contributed by atoms with Crippen LogP contribution >= 0.6 is 0 Å². The molecule has 2 fully saturated rings. The van der Waals surface area contributed by atoms with Crippen LogP contribution in [0.25, 0.3) is 21.7 Å². The molecule has 3 heterocycles. The Labute approximate surface area is 179 Å². The van der Waals surface area contributed by atoms with Crippen molar-refractivity contribution >= 4 is 33.6 Å². The quantitative estimate of drug-likeness (QED) is 0.464. The van der Waals surface area contributed by atoms with Gasteiger partial charge in [-0.2, -0.15) is 0 Å². The van der Waals surface area contributed by atoms with E-state index in [-0.39, 0.29) is 11.8 Å². The monoisotopic (exact) mass is 423 g/mol. The fraction of sp³-hybridized carbons (Fsp3) is 0.435. The number of hydrogen-bond acceptors (Lipinski definition) is 7. The third-order valence-corrected chi connectivity index (χ3v) is 6.05. The van der Waals surface area contributed by atoms with E-state index in [9.17, 15) is 9.59 Å². The number of amides is 2. The van der Waals surface area contributed by atoms with Gasteiger partial charge in [0.25, 0.3) is 0 Å². The number of aromatic nitrogens is 1. The second-order valence-corrected chi connectivity index (χ2v) is 8.08. The van der Waals surface area contributed by atoms with Gasteiger partial charge in [0, 0.05) is 32.2 Å². The van der Waals surface area contributed by atoms with Crippen molar-refractivity contribution in [2.75, 3.05) is 26.4 Å². The van der Waals surface area contributed by atoms with E-state index in [4.69, 9.17) is 14.0 Å². The molecule has 31 heavy (non-hydrogen) atoms. The number of imide groups is 1. The maximum Gasteiger partial charge on any atom is 0.235 e. The second-order valence-electron chi connectivity index (χ2n) is 8.08. The summed E-state index contributed by atoms with van der Waals surface area (Å²) < 4.78 is 16.8. The summed E-state index contributed by atoms with van der Waals surface area (Å²) in [7, 11) is 0. The Morgan fingerprint density at radius 3 is 2.84 bits per heavy atom. The van der Waals surface area contributed by atoms with Gasteiger partial charge in [-0.05, 0) is 54.3 Å². The van der Waals surface area contributed by atoms with Gasteiger partial charge in [-0.15, -0.1) is 0 Å². The first-order chi connectivity index (χ1) is 15.2. The van der Waals surface area contributed by atoms with E-state index in [1.54, 1.807) is 0 Å². The van der Waals surface area contributed by atoms with Crippen LogP contribution in [0.5, 0.6) is 5.75 Å². The van der Waals surface area contributed by atoms with Crippen molar-refractivity contribution in [1.29, 1.82) is 0 Å². The molecule has 2 N–H and O–H groups in total. The van der Waals surface area contributed by atoms with Crippen LogP contribution in [0.1, 0.15) is 37.3 Å². The summed E-state index contributed by atoms with van der Waals surface area (Å²) >= 11 is 0. The van der Waals surface area contributed by atoms with Crippen LogP contribution in [0.4, 0.5) is 0 Å². The fourth-order valence-corrected chi connectivity index (χ4v) is 4.39. The Balaban J connectivity index is 1.33. The maximum atomic E-state index is 12.4. The summed E-state index contributed by atoms with van der Waals surface area (Å²) in [5.41, 5.74) is 1.21. The van der Waals surface area contributed by atoms with Crippen LogP contribution in [-0.2, 0) is 14.3 Å². The highest BCUT2D eigenvalue weighted by Gasteiger charge is 2.32. The predicted octanol–water partition coefficient (Wildman–Crippen LogP) is 2.65. The third kappa shape index (κ3) is 4.13. The van der Waals surface area contributed by atoms with Crippen LogP contribution in [0, 0.1) is 0 Å². The Kier molecular flexibility index (Phi) is 5.57. The summed E-state index contributed by atoms with van der Waals surface area (Å²) in [6.45, 7) is 3.01. The van der Waals surface area contributed by atoms with Crippen molar-refractivity contribution in [3.63, 3.8) is 0 Å². The van der Waals surface area contributed by atoms with Gasteiger partial charge in [-0.25, -0.2) is 0 Å². The van der Waals surface area contributed by atoms with Crippen LogP contribution in [0.2, 0.25) is 0 Å². The number of fused-ring (bicyclic) bond motifs is 3.